The molecule has 5 nitrogen and oxygen atoms in total. The fraction of sp³-hybridized carbons (Fsp3) is 0.300. The van der Waals surface area contributed by atoms with E-state index < -0.39 is 11.6 Å². The van der Waals surface area contributed by atoms with Gasteiger partial charge in [0.1, 0.15) is 5.82 Å². The van der Waals surface area contributed by atoms with Crippen molar-refractivity contribution in [1.29, 1.82) is 0 Å². The number of carbonyl (C=O) groups excluding carboxylic acids is 1. The number of hydrogen-bond donors (Lipinski definition) is 3. The van der Waals surface area contributed by atoms with Gasteiger partial charge in [0.2, 0.25) is 5.91 Å². The molecule has 0 bridgehead atoms. The van der Waals surface area contributed by atoms with E-state index in [-0.39, 0.29) is 30.7 Å². The number of nitrogens with two attached hydrogens (primary N) is 1. The summed E-state index contributed by atoms with van der Waals surface area (Å²) in [7, 11) is 0. The van der Waals surface area contributed by atoms with Crippen molar-refractivity contribution in [2.45, 2.75) is 32.1 Å². The summed E-state index contributed by atoms with van der Waals surface area (Å²) in [6, 6.07) is 9.28. The van der Waals surface area contributed by atoms with Gasteiger partial charge in [-0.05, 0) is 43.7 Å². The Morgan fingerprint density at radius 3 is 2.34 bits per heavy atom. The molecule has 0 fully saturated rings. The zero-order valence-electron chi connectivity index (χ0n) is 15.7. The lowest BCUT2D eigenvalue weighted by atomic mass is 10.1. The van der Waals surface area contributed by atoms with E-state index in [1.54, 1.807) is 24.3 Å². The van der Waals surface area contributed by atoms with Gasteiger partial charge in [-0.2, -0.15) is 0 Å². The minimum atomic E-state index is -0.929. The summed E-state index contributed by atoms with van der Waals surface area (Å²) in [6.07, 6.45) is 4.35. The Balaban J connectivity index is 0.00000210. The maximum atomic E-state index is 13.3. The lowest BCUT2D eigenvalue weighted by Gasteiger charge is -2.06. The Morgan fingerprint density at radius 1 is 1.00 bits per heavy atom. The lowest BCUT2D eigenvalue weighted by Crippen LogP contribution is -2.11. The molecule has 1 amide bonds. The molecule has 9 heteroatoms. The van der Waals surface area contributed by atoms with Crippen LogP contribution < -0.4 is 11.1 Å². The minimum Gasteiger partial charge on any atom is -0.338 e. The Hall–Kier alpha value is -2.22. The second-order valence-electron chi connectivity index (χ2n) is 6.45. The Bertz CT molecular complexity index is 893. The first-order chi connectivity index (χ1) is 13.1. The monoisotopic (exact) mass is 444 g/mol. The summed E-state index contributed by atoms with van der Waals surface area (Å²) in [5.74, 6) is -1.36. The average molecular weight is 445 g/mol. The second kappa shape index (κ2) is 11.7. The maximum absolute atomic E-state index is 13.3. The van der Waals surface area contributed by atoms with Crippen molar-refractivity contribution in [3.05, 3.63) is 48.0 Å². The summed E-state index contributed by atoms with van der Waals surface area (Å²) in [6.45, 7) is 0.688. The van der Waals surface area contributed by atoms with Crippen molar-refractivity contribution in [2.24, 2.45) is 5.73 Å². The normalized spacial score (nSPS) is 10.3. The molecule has 158 valence electrons. The number of benzene rings is 2. The third kappa shape index (κ3) is 6.66. The molecular formula is C20H24Cl2F2N4O. The molecule has 0 aliphatic heterocycles. The van der Waals surface area contributed by atoms with Crippen molar-refractivity contribution >= 4 is 47.4 Å². The number of imidazole rings is 1. The number of hydrogen-bond acceptors (Lipinski definition) is 3. The SMILES string of the molecule is Cl.Cl.NCCCCCCC(=O)Nc1ccc(-c2nc3cc(F)c(F)cc3[nH]2)cc1. The molecular weight excluding hydrogens is 421 g/mol. The Labute approximate surface area is 180 Å². The number of aromatic amines is 1. The fourth-order valence-electron chi connectivity index (χ4n) is 2.86. The molecule has 29 heavy (non-hydrogen) atoms. The summed E-state index contributed by atoms with van der Waals surface area (Å²) in [4.78, 5) is 19.2. The number of amides is 1. The van der Waals surface area contributed by atoms with Crippen LogP contribution in [0.5, 0.6) is 0 Å². The predicted molar refractivity (Wildman–Crippen MR) is 117 cm³/mol. The molecule has 1 heterocycles. The van der Waals surface area contributed by atoms with Crippen LogP contribution in [0.25, 0.3) is 22.4 Å². The van der Waals surface area contributed by atoms with E-state index in [1.807, 2.05) is 0 Å². The number of anilines is 1. The molecule has 0 unspecified atom stereocenters. The van der Waals surface area contributed by atoms with Gasteiger partial charge in [0.15, 0.2) is 11.6 Å². The molecule has 0 aliphatic rings. The minimum absolute atomic E-state index is 0. The first-order valence-electron chi connectivity index (χ1n) is 9.02. The van der Waals surface area contributed by atoms with E-state index in [9.17, 15) is 13.6 Å². The standard InChI is InChI=1S/C20H22F2N4O.2ClH/c21-15-11-17-18(12-16(15)22)26-20(25-17)13-6-8-14(9-7-13)24-19(27)5-3-1-2-4-10-23;;/h6-9,11-12H,1-5,10,23H2,(H,24,27)(H,25,26);2*1H. The van der Waals surface area contributed by atoms with Gasteiger partial charge in [-0.15, -0.1) is 24.8 Å². The van der Waals surface area contributed by atoms with Gasteiger partial charge in [-0.25, -0.2) is 13.8 Å². The van der Waals surface area contributed by atoms with E-state index in [2.05, 4.69) is 15.3 Å². The van der Waals surface area contributed by atoms with Crippen LogP contribution >= 0.6 is 24.8 Å². The van der Waals surface area contributed by atoms with E-state index in [0.717, 1.165) is 43.4 Å². The van der Waals surface area contributed by atoms with Crippen LogP contribution in [0.2, 0.25) is 0 Å². The number of rotatable bonds is 8. The van der Waals surface area contributed by atoms with E-state index in [4.69, 9.17) is 5.73 Å². The van der Waals surface area contributed by atoms with Crippen LogP contribution in [0.1, 0.15) is 32.1 Å². The third-order valence-electron chi connectivity index (χ3n) is 4.32. The molecule has 3 aromatic rings. The second-order valence-corrected chi connectivity index (χ2v) is 6.45. The smallest absolute Gasteiger partial charge is 0.224 e. The van der Waals surface area contributed by atoms with Gasteiger partial charge in [0, 0.05) is 29.8 Å². The first kappa shape index (κ1) is 24.8. The molecule has 0 aliphatic carbocycles. The van der Waals surface area contributed by atoms with Gasteiger partial charge in [0.05, 0.1) is 11.0 Å². The number of halogens is 4. The Morgan fingerprint density at radius 2 is 1.66 bits per heavy atom. The van der Waals surface area contributed by atoms with Crippen molar-refractivity contribution < 1.29 is 13.6 Å². The number of nitrogens with one attached hydrogen (secondary N) is 2. The number of unbranched alkanes of at least 4 members (excludes halogenated alkanes) is 3. The quantitative estimate of drug-likeness (QED) is 0.417. The van der Waals surface area contributed by atoms with Crippen molar-refractivity contribution in [1.82, 2.24) is 9.97 Å². The summed E-state index contributed by atoms with van der Waals surface area (Å²) < 4.78 is 26.6. The lowest BCUT2D eigenvalue weighted by molar-refractivity contribution is -0.116. The summed E-state index contributed by atoms with van der Waals surface area (Å²) >= 11 is 0. The van der Waals surface area contributed by atoms with Gasteiger partial charge >= 0.3 is 0 Å². The molecule has 0 atom stereocenters. The third-order valence-corrected chi connectivity index (χ3v) is 4.32. The molecule has 0 saturated carbocycles. The van der Waals surface area contributed by atoms with E-state index >= 15 is 0 Å². The van der Waals surface area contributed by atoms with Crippen LogP contribution in [0, 0.1) is 11.6 Å². The number of aromatic nitrogens is 2. The van der Waals surface area contributed by atoms with E-state index in [0.29, 0.717) is 35.5 Å². The van der Waals surface area contributed by atoms with E-state index in [1.165, 1.54) is 0 Å². The number of H-pyrrole nitrogens is 1. The average Bonchev–Trinajstić information content (AvgIpc) is 3.05. The number of carbonyl (C=O) groups is 1. The maximum Gasteiger partial charge on any atom is 0.224 e. The first-order valence-corrected chi connectivity index (χ1v) is 9.02. The molecule has 2 aromatic carbocycles. The summed E-state index contributed by atoms with van der Waals surface area (Å²) in [5.41, 5.74) is 7.68. The van der Waals surface area contributed by atoms with Gasteiger partial charge in [0.25, 0.3) is 0 Å². The van der Waals surface area contributed by atoms with Crippen molar-refractivity contribution in [3.63, 3.8) is 0 Å². The summed E-state index contributed by atoms with van der Waals surface area (Å²) in [5, 5.41) is 2.86. The van der Waals surface area contributed by atoms with Gasteiger partial charge < -0.3 is 16.0 Å². The molecule has 0 radical (unpaired) electrons. The topological polar surface area (TPSA) is 83.8 Å². The highest BCUT2D eigenvalue weighted by Gasteiger charge is 2.10. The number of fused-ring (bicyclic) bond motifs is 1. The van der Waals surface area contributed by atoms with Gasteiger partial charge in [-0.1, -0.05) is 12.8 Å². The number of nitrogens with zero attached hydrogens (tertiary/aromatic N) is 1. The van der Waals surface area contributed by atoms with Crippen LogP contribution in [0.3, 0.4) is 0 Å². The van der Waals surface area contributed by atoms with Crippen LogP contribution in [-0.4, -0.2) is 22.4 Å². The largest absolute Gasteiger partial charge is 0.338 e. The molecule has 0 spiro atoms. The molecule has 3 rings (SSSR count). The highest BCUT2D eigenvalue weighted by atomic mass is 35.5. The zero-order valence-corrected chi connectivity index (χ0v) is 17.3. The highest BCUT2D eigenvalue weighted by molar-refractivity contribution is 5.91. The Kier molecular flexibility index (Phi) is 10.0. The van der Waals surface area contributed by atoms with Crippen LogP contribution in [-0.2, 0) is 4.79 Å². The predicted octanol–water partition coefficient (Wildman–Crippen LogP) is 5.20. The van der Waals surface area contributed by atoms with Crippen molar-refractivity contribution in [2.75, 3.05) is 11.9 Å². The highest BCUT2D eigenvalue weighted by Crippen LogP contribution is 2.23. The van der Waals surface area contributed by atoms with Crippen molar-refractivity contribution in [3.8, 4) is 11.4 Å². The van der Waals surface area contributed by atoms with Crippen LogP contribution in [0.15, 0.2) is 36.4 Å². The van der Waals surface area contributed by atoms with Crippen LogP contribution in [0.4, 0.5) is 14.5 Å². The zero-order chi connectivity index (χ0) is 19.2. The molecule has 4 N–H and O–H groups in total. The molecule has 0 saturated heterocycles. The molecule has 1 aromatic heterocycles. The fourth-order valence-corrected chi connectivity index (χ4v) is 2.86. The van der Waals surface area contributed by atoms with Gasteiger partial charge in [-0.3, -0.25) is 4.79 Å².